The molecule has 3 atom stereocenters. The van der Waals surface area contributed by atoms with Crippen molar-refractivity contribution in [3.8, 4) is 5.75 Å². The van der Waals surface area contributed by atoms with E-state index in [4.69, 9.17) is 4.74 Å². The summed E-state index contributed by atoms with van der Waals surface area (Å²) < 4.78 is 35.6. The third-order valence-corrected chi connectivity index (χ3v) is 9.66. The number of likely N-dealkylation sites (N-methyl/N-ethyl adjacent to an activating group) is 1. The molecule has 2 N–H and O–H groups in total. The number of nitrogens with one attached hydrogen (secondary N) is 1. The van der Waals surface area contributed by atoms with Crippen molar-refractivity contribution >= 4 is 27.5 Å². The van der Waals surface area contributed by atoms with Crippen molar-refractivity contribution in [2.45, 2.75) is 69.5 Å². The molecule has 12 heteroatoms. The summed E-state index contributed by atoms with van der Waals surface area (Å²) in [6, 6.07) is 4.82. The first kappa shape index (κ1) is 30.0. The van der Waals surface area contributed by atoms with Gasteiger partial charge in [0.25, 0.3) is 10.0 Å². The molecular formula is C28H41N5O6S. The van der Waals surface area contributed by atoms with Gasteiger partial charge in [0.1, 0.15) is 11.9 Å². The van der Waals surface area contributed by atoms with Gasteiger partial charge in [-0.1, -0.05) is 26.2 Å². The van der Waals surface area contributed by atoms with E-state index in [2.05, 4.69) is 10.3 Å². The molecule has 4 rings (SSSR count). The highest BCUT2D eigenvalue weighted by Crippen LogP contribution is 2.31. The Morgan fingerprint density at radius 1 is 1.27 bits per heavy atom. The van der Waals surface area contributed by atoms with Crippen molar-refractivity contribution < 1.29 is 27.9 Å². The van der Waals surface area contributed by atoms with Crippen LogP contribution in [0.15, 0.2) is 35.7 Å². The number of aryl methyl sites for hydroxylation is 1. The molecule has 0 radical (unpaired) electrons. The fourth-order valence-corrected chi connectivity index (χ4v) is 6.51. The first-order valence-electron chi connectivity index (χ1n) is 13.9. The lowest BCUT2D eigenvalue weighted by Crippen LogP contribution is -2.48. The van der Waals surface area contributed by atoms with E-state index in [1.165, 1.54) is 23.9 Å². The Morgan fingerprint density at radius 3 is 2.65 bits per heavy atom. The molecule has 0 unspecified atom stereocenters. The summed E-state index contributed by atoms with van der Waals surface area (Å²) in [5.74, 6) is -0.0130. The Bertz CT molecular complexity index is 1310. The molecule has 1 aliphatic carbocycles. The molecule has 0 spiro atoms. The molecule has 0 saturated heterocycles. The molecule has 1 saturated carbocycles. The maximum absolute atomic E-state index is 13.4. The highest BCUT2D eigenvalue weighted by Gasteiger charge is 2.34. The maximum Gasteiger partial charge on any atom is 0.261 e. The number of carbonyl (C=O) groups is 2. The molecule has 40 heavy (non-hydrogen) atoms. The van der Waals surface area contributed by atoms with Crippen molar-refractivity contribution in [1.82, 2.24) is 18.8 Å². The van der Waals surface area contributed by atoms with E-state index in [0.717, 1.165) is 32.1 Å². The molecular weight excluding hydrogens is 534 g/mol. The minimum Gasteiger partial charge on any atom is -0.488 e. The summed E-state index contributed by atoms with van der Waals surface area (Å²) in [5.41, 5.74) is 1.18. The van der Waals surface area contributed by atoms with Gasteiger partial charge < -0.3 is 24.6 Å². The Balaban J connectivity index is 1.62. The number of ether oxygens (including phenoxy) is 1. The average molecular weight is 576 g/mol. The number of amides is 2. The first-order chi connectivity index (χ1) is 19.0. The number of carbonyl (C=O) groups excluding carboxylic acids is 2. The van der Waals surface area contributed by atoms with Crippen LogP contribution in [0.2, 0.25) is 0 Å². The fraction of sp³-hybridized carbons (Fsp3) is 0.607. The number of hydrogen-bond acceptors (Lipinski definition) is 7. The number of aliphatic hydroxyl groups excluding tert-OH is 1. The monoisotopic (exact) mass is 575 g/mol. The number of rotatable bonds is 8. The molecule has 2 aliphatic rings. The van der Waals surface area contributed by atoms with E-state index in [0.29, 0.717) is 17.0 Å². The first-order valence-corrected chi connectivity index (χ1v) is 15.4. The standard InChI is InChI=1S/C28H41N5O6S/c1-19-14-33(20(2)17-34)27(35)13-22-12-23(30-28(36)21-8-6-5-7-9-21)10-11-24(22)39-25(19)15-32(4)40(37,38)26-16-31(3)18-29-26/h10-12,16,18-21,25,34H,5-9,13-15,17H2,1-4H3,(H,30,36)/t19-,20+,25-/m1/s1. The fourth-order valence-electron chi connectivity index (χ4n) is 5.37. The molecule has 11 nitrogen and oxygen atoms in total. The van der Waals surface area contributed by atoms with E-state index in [1.54, 1.807) is 41.6 Å². The van der Waals surface area contributed by atoms with Gasteiger partial charge in [0, 0.05) is 49.9 Å². The Morgan fingerprint density at radius 2 is 2.00 bits per heavy atom. The Labute approximate surface area is 236 Å². The van der Waals surface area contributed by atoms with Crippen molar-refractivity contribution in [1.29, 1.82) is 0 Å². The molecule has 1 aliphatic heterocycles. The van der Waals surface area contributed by atoms with E-state index >= 15 is 0 Å². The van der Waals surface area contributed by atoms with Gasteiger partial charge >= 0.3 is 0 Å². The smallest absolute Gasteiger partial charge is 0.261 e. The zero-order valence-corrected chi connectivity index (χ0v) is 24.6. The number of benzene rings is 1. The molecule has 1 aromatic carbocycles. The third-order valence-electron chi connectivity index (χ3n) is 7.95. The van der Waals surface area contributed by atoms with Crippen molar-refractivity contribution in [3.63, 3.8) is 0 Å². The maximum atomic E-state index is 13.4. The van der Waals surface area contributed by atoms with Crippen LogP contribution >= 0.6 is 0 Å². The van der Waals surface area contributed by atoms with Crippen LogP contribution in [0.5, 0.6) is 5.75 Å². The quantitative estimate of drug-likeness (QED) is 0.494. The second kappa shape index (κ2) is 12.7. The Kier molecular flexibility index (Phi) is 9.52. The predicted molar refractivity (Wildman–Crippen MR) is 150 cm³/mol. The van der Waals surface area contributed by atoms with Crippen LogP contribution in [0.25, 0.3) is 0 Å². The zero-order valence-electron chi connectivity index (χ0n) is 23.7. The minimum absolute atomic E-state index is 0.0143. The van der Waals surface area contributed by atoms with Crippen LogP contribution in [0.4, 0.5) is 5.69 Å². The molecule has 1 fully saturated rings. The predicted octanol–water partition coefficient (Wildman–Crippen LogP) is 2.41. The van der Waals surface area contributed by atoms with Crippen LogP contribution in [-0.2, 0) is 33.1 Å². The van der Waals surface area contributed by atoms with Gasteiger partial charge in [0.2, 0.25) is 11.8 Å². The molecule has 2 aromatic rings. The summed E-state index contributed by atoms with van der Waals surface area (Å²) in [5, 5.41) is 12.8. The van der Waals surface area contributed by atoms with Crippen LogP contribution in [0.3, 0.4) is 0 Å². The van der Waals surface area contributed by atoms with Gasteiger partial charge in [-0.2, -0.15) is 4.31 Å². The van der Waals surface area contributed by atoms with E-state index < -0.39 is 22.2 Å². The number of anilines is 1. The van der Waals surface area contributed by atoms with Gasteiger partial charge in [-0.05, 0) is 38.0 Å². The summed E-state index contributed by atoms with van der Waals surface area (Å²) >= 11 is 0. The lowest BCUT2D eigenvalue weighted by atomic mass is 9.88. The van der Waals surface area contributed by atoms with Gasteiger partial charge in [0.15, 0.2) is 5.03 Å². The molecule has 1 aromatic heterocycles. The second-order valence-electron chi connectivity index (χ2n) is 11.2. The number of aromatic nitrogens is 2. The normalized spacial score (nSPS) is 21.6. The van der Waals surface area contributed by atoms with Crippen LogP contribution in [-0.4, -0.2) is 83.0 Å². The number of hydrogen-bond donors (Lipinski definition) is 2. The topological polar surface area (TPSA) is 134 Å². The number of fused-ring (bicyclic) bond motifs is 1. The molecule has 220 valence electrons. The number of sulfonamides is 1. The van der Waals surface area contributed by atoms with Crippen molar-refractivity contribution in [3.05, 3.63) is 36.3 Å². The average Bonchev–Trinajstić information content (AvgIpc) is 3.40. The summed E-state index contributed by atoms with van der Waals surface area (Å²) in [6.45, 7) is 3.78. The highest BCUT2D eigenvalue weighted by atomic mass is 32.2. The minimum atomic E-state index is -3.87. The molecule has 0 bridgehead atoms. The lowest BCUT2D eigenvalue weighted by molar-refractivity contribution is -0.134. The van der Waals surface area contributed by atoms with Gasteiger partial charge in [-0.15, -0.1) is 0 Å². The number of imidazole rings is 1. The van der Waals surface area contributed by atoms with Gasteiger partial charge in [-0.3, -0.25) is 9.59 Å². The zero-order chi connectivity index (χ0) is 29.0. The summed E-state index contributed by atoms with van der Waals surface area (Å²) in [4.78, 5) is 31.9. The Hall–Kier alpha value is -2.96. The SMILES string of the molecule is C[C@@H]1CN([C@@H](C)CO)C(=O)Cc2cc(NC(=O)C3CCCCC3)ccc2O[C@@H]1CN(C)S(=O)(=O)c1cn(C)cn1. The number of nitrogens with zero attached hydrogens (tertiary/aromatic N) is 4. The third kappa shape index (κ3) is 6.84. The largest absolute Gasteiger partial charge is 0.488 e. The van der Waals surface area contributed by atoms with Crippen LogP contribution in [0.1, 0.15) is 51.5 Å². The van der Waals surface area contributed by atoms with E-state index in [1.807, 2.05) is 6.92 Å². The van der Waals surface area contributed by atoms with Crippen LogP contribution < -0.4 is 10.1 Å². The summed E-state index contributed by atoms with van der Waals surface area (Å²) in [6.07, 6.45) is 7.30. The lowest BCUT2D eigenvalue weighted by Gasteiger charge is -2.33. The van der Waals surface area contributed by atoms with Crippen LogP contribution in [0, 0.1) is 11.8 Å². The molecule has 2 amide bonds. The van der Waals surface area contributed by atoms with Crippen molar-refractivity contribution in [2.24, 2.45) is 18.9 Å². The summed E-state index contributed by atoms with van der Waals surface area (Å²) in [7, 11) is -0.688. The second-order valence-corrected chi connectivity index (χ2v) is 13.2. The molecule has 2 heterocycles. The highest BCUT2D eigenvalue weighted by molar-refractivity contribution is 7.89. The number of aliphatic hydroxyl groups is 1. The van der Waals surface area contributed by atoms with E-state index in [9.17, 15) is 23.1 Å². The van der Waals surface area contributed by atoms with Crippen molar-refractivity contribution in [2.75, 3.05) is 32.1 Å². The van der Waals surface area contributed by atoms with Gasteiger partial charge in [-0.25, -0.2) is 13.4 Å². The van der Waals surface area contributed by atoms with E-state index in [-0.39, 0.29) is 54.8 Å². The van der Waals surface area contributed by atoms with Gasteiger partial charge in [0.05, 0.1) is 31.9 Å².